The maximum Gasteiger partial charge on any atom is 0.326 e. The third kappa shape index (κ3) is 11.2. The lowest BCUT2D eigenvalue weighted by Crippen LogP contribution is -2.59. The summed E-state index contributed by atoms with van der Waals surface area (Å²) in [5.41, 5.74) is 5.07. The van der Waals surface area contributed by atoms with Gasteiger partial charge < -0.3 is 30.7 Å². The Morgan fingerprint density at radius 1 is 0.632 bits per heavy atom. The van der Waals surface area contributed by atoms with Crippen LogP contribution in [0.1, 0.15) is 28.7 Å². The summed E-state index contributed by atoms with van der Waals surface area (Å²) in [5, 5.41) is 18.6. The smallest absolute Gasteiger partial charge is 0.326 e. The predicted octanol–water partition coefficient (Wildman–Crippen LogP) is 4.77. The maximum absolute atomic E-state index is 14.4. The Balaban J connectivity index is 1.35. The van der Waals surface area contributed by atoms with Gasteiger partial charge in [-0.25, -0.2) is 4.79 Å². The molecule has 0 aromatic heterocycles. The molecular formula is C46H46N4O7. The Bertz CT molecular complexity index is 2130. The number of amides is 4. The lowest BCUT2D eigenvalue weighted by atomic mass is 9.98. The van der Waals surface area contributed by atoms with Crippen LogP contribution in [0.25, 0.3) is 11.1 Å². The van der Waals surface area contributed by atoms with E-state index in [1.54, 1.807) is 24.3 Å². The molecule has 0 radical (unpaired) electrons. The van der Waals surface area contributed by atoms with Gasteiger partial charge in [0.05, 0.1) is 0 Å². The minimum atomic E-state index is -1.31. The van der Waals surface area contributed by atoms with Crippen molar-refractivity contribution in [1.29, 1.82) is 0 Å². The van der Waals surface area contributed by atoms with Gasteiger partial charge >= 0.3 is 5.97 Å². The van der Waals surface area contributed by atoms with Crippen molar-refractivity contribution in [3.05, 3.63) is 162 Å². The van der Waals surface area contributed by atoms with Crippen molar-refractivity contribution >= 4 is 29.6 Å². The van der Waals surface area contributed by atoms with Crippen molar-refractivity contribution in [3.63, 3.8) is 0 Å². The number of hydrogen-bond donors (Lipinski definition) is 4. The molecular weight excluding hydrogens is 721 g/mol. The summed E-state index contributed by atoms with van der Waals surface area (Å²) < 4.78 is 5.80. The average Bonchev–Trinajstić information content (AvgIpc) is 3.24. The van der Waals surface area contributed by atoms with Crippen molar-refractivity contribution < 1.29 is 33.8 Å². The Kier molecular flexibility index (Phi) is 13.5. The number of nitrogens with zero attached hydrogens (tertiary/aromatic N) is 1. The first kappa shape index (κ1) is 39.9. The molecule has 292 valence electrons. The normalized spacial score (nSPS) is 19.6. The van der Waals surface area contributed by atoms with Crippen LogP contribution in [-0.4, -0.2) is 77.4 Å². The molecule has 0 unspecified atom stereocenters. The van der Waals surface area contributed by atoms with E-state index in [2.05, 4.69) is 16.0 Å². The monoisotopic (exact) mass is 766 g/mol. The van der Waals surface area contributed by atoms with Crippen molar-refractivity contribution in [2.24, 2.45) is 0 Å². The highest BCUT2D eigenvalue weighted by Gasteiger charge is 2.34. The van der Waals surface area contributed by atoms with Gasteiger partial charge in [0.1, 0.15) is 29.9 Å². The molecule has 11 nitrogen and oxygen atoms in total. The van der Waals surface area contributed by atoms with E-state index in [4.69, 9.17) is 4.74 Å². The molecule has 11 heteroatoms. The Morgan fingerprint density at radius 3 is 1.81 bits per heavy atom. The molecule has 2 aliphatic rings. The predicted molar refractivity (Wildman–Crippen MR) is 216 cm³/mol. The summed E-state index contributed by atoms with van der Waals surface area (Å²) in [5.74, 6) is -3.23. The van der Waals surface area contributed by atoms with Gasteiger partial charge in [0.2, 0.25) is 17.7 Å². The molecule has 4 atom stereocenters. The van der Waals surface area contributed by atoms with Gasteiger partial charge in [-0.15, -0.1) is 0 Å². The zero-order valence-electron chi connectivity index (χ0n) is 31.7. The van der Waals surface area contributed by atoms with Crippen LogP contribution in [0, 0.1) is 0 Å². The molecule has 4 amide bonds. The molecule has 2 bridgehead atoms. The second kappa shape index (κ2) is 19.2. The number of rotatable bonds is 9. The number of nitrogens with one attached hydrogen (secondary N) is 3. The summed E-state index contributed by atoms with van der Waals surface area (Å²) in [6.07, 6.45) is 0.733. The number of hydrogen-bond acceptors (Lipinski definition) is 6. The van der Waals surface area contributed by atoms with Crippen LogP contribution >= 0.6 is 0 Å². The lowest BCUT2D eigenvalue weighted by Gasteiger charge is -2.30. The maximum atomic E-state index is 14.4. The molecule has 0 saturated carbocycles. The fraction of sp³-hybridized carbons (Fsp3) is 0.239. The van der Waals surface area contributed by atoms with Gasteiger partial charge in [-0.1, -0.05) is 127 Å². The van der Waals surface area contributed by atoms with E-state index in [0.717, 1.165) is 27.8 Å². The van der Waals surface area contributed by atoms with E-state index < -0.39 is 53.8 Å². The van der Waals surface area contributed by atoms with Crippen LogP contribution in [0.4, 0.5) is 0 Å². The first-order valence-electron chi connectivity index (χ1n) is 19.0. The van der Waals surface area contributed by atoms with Crippen molar-refractivity contribution in [2.45, 2.75) is 56.3 Å². The molecule has 0 spiro atoms. The van der Waals surface area contributed by atoms with E-state index >= 15 is 0 Å². The number of benzene rings is 5. The minimum absolute atomic E-state index is 0.0405. The van der Waals surface area contributed by atoms with Crippen LogP contribution in [0.15, 0.2) is 140 Å². The van der Waals surface area contributed by atoms with E-state index in [9.17, 15) is 29.1 Å². The van der Waals surface area contributed by atoms with Gasteiger partial charge in [0, 0.05) is 26.3 Å². The van der Waals surface area contributed by atoms with E-state index in [-0.39, 0.29) is 32.3 Å². The Morgan fingerprint density at radius 2 is 1.18 bits per heavy atom. The minimum Gasteiger partial charge on any atom is -0.484 e. The third-order valence-electron chi connectivity index (χ3n) is 10.1. The number of carboxylic acid groups (broad SMARTS) is 1. The van der Waals surface area contributed by atoms with E-state index in [1.165, 1.54) is 11.9 Å². The molecule has 0 saturated heterocycles. The molecule has 5 aromatic rings. The summed E-state index contributed by atoms with van der Waals surface area (Å²) >= 11 is 0. The number of carboxylic acids is 1. The second-order valence-corrected chi connectivity index (χ2v) is 14.2. The van der Waals surface area contributed by atoms with E-state index in [1.807, 2.05) is 115 Å². The summed E-state index contributed by atoms with van der Waals surface area (Å²) in [4.78, 5) is 70.2. The topological polar surface area (TPSA) is 154 Å². The number of aliphatic carboxylic acids is 1. The highest BCUT2D eigenvalue weighted by molar-refractivity contribution is 5.95. The molecule has 57 heavy (non-hydrogen) atoms. The second-order valence-electron chi connectivity index (χ2n) is 14.2. The van der Waals surface area contributed by atoms with Crippen molar-refractivity contribution in [3.8, 4) is 16.9 Å². The SMILES string of the molecule is CN1C(=O)COc2ccc(cc2)C[C@@H](C(=O)O)NC(=O)[C@H](CCc2ccccc2)NC(=O)[C@@H](Cc2ccc(-c3ccccc3)cc2)NC(=O)[C@@H]1Cc1ccccc1. The molecule has 7 rings (SSSR count). The van der Waals surface area contributed by atoms with E-state index in [0.29, 0.717) is 17.7 Å². The fourth-order valence-electron chi connectivity index (χ4n) is 6.77. The van der Waals surface area contributed by atoms with Gasteiger partial charge in [-0.05, 0) is 58.4 Å². The van der Waals surface area contributed by atoms with Crippen LogP contribution in [0.3, 0.4) is 0 Å². The first-order valence-corrected chi connectivity index (χ1v) is 19.0. The van der Waals surface area contributed by atoms with Crippen LogP contribution in [-0.2, 0) is 49.7 Å². The quantitative estimate of drug-likeness (QED) is 0.158. The summed E-state index contributed by atoms with van der Waals surface area (Å²) in [7, 11) is 1.53. The largest absolute Gasteiger partial charge is 0.484 e. The van der Waals surface area contributed by atoms with Crippen LogP contribution < -0.4 is 20.7 Å². The number of aryl methyl sites for hydroxylation is 1. The number of carbonyl (C=O) groups is 5. The van der Waals surface area contributed by atoms with Crippen molar-refractivity contribution in [2.75, 3.05) is 13.7 Å². The highest BCUT2D eigenvalue weighted by Crippen LogP contribution is 2.21. The molecule has 5 aromatic carbocycles. The number of carbonyl (C=O) groups excluding carboxylic acids is 4. The van der Waals surface area contributed by atoms with Crippen molar-refractivity contribution in [1.82, 2.24) is 20.9 Å². The summed E-state index contributed by atoms with van der Waals surface area (Å²) in [6, 6.07) is 38.1. The molecule has 4 N–H and O–H groups in total. The lowest BCUT2D eigenvalue weighted by molar-refractivity contribution is -0.142. The fourth-order valence-corrected chi connectivity index (χ4v) is 6.77. The van der Waals surface area contributed by atoms with Gasteiger partial charge in [-0.3, -0.25) is 19.2 Å². The highest BCUT2D eigenvalue weighted by atomic mass is 16.5. The zero-order chi connectivity index (χ0) is 40.1. The van der Waals surface area contributed by atoms with Crippen LogP contribution in [0.5, 0.6) is 5.75 Å². The Hall–Kier alpha value is -6.75. The molecule has 0 fully saturated rings. The molecule has 2 heterocycles. The zero-order valence-corrected chi connectivity index (χ0v) is 31.7. The standard InChI is InChI=1S/C46H46N4O7/c1-50-41(29-32-13-7-3-8-14-32)45(54)48-39(27-33-17-22-36(23-18-33)35-15-9-4-10-16-35)44(53)47-38(26-21-31-11-5-2-6-12-31)43(52)49-40(46(55)56)28-34-19-24-37(25-20-34)57-30-42(50)51/h2-20,22-25,38-41H,21,26-30H2,1H3,(H,47,53)(H,48,54)(H,49,52)(H,55,56)/t38-,39+,40-,41-/m0/s1. The number of ether oxygens (including phenoxy) is 1. The van der Waals surface area contributed by atoms with Gasteiger partial charge in [0.25, 0.3) is 5.91 Å². The number of fused-ring (bicyclic) bond motifs is 16. The molecule has 2 aliphatic heterocycles. The average molecular weight is 767 g/mol. The van der Waals surface area contributed by atoms with Crippen LogP contribution in [0.2, 0.25) is 0 Å². The third-order valence-corrected chi connectivity index (χ3v) is 10.1. The summed E-state index contributed by atoms with van der Waals surface area (Å²) in [6.45, 7) is -0.372. The molecule has 0 aliphatic carbocycles. The first-order chi connectivity index (χ1) is 27.6. The number of likely N-dealkylation sites (N-methyl/N-ethyl adjacent to an activating group) is 1. The Labute approximate surface area is 332 Å². The van der Waals surface area contributed by atoms with Gasteiger partial charge in [0.15, 0.2) is 6.61 Å². The van der Waals surface area contributed by atoms with Gasteiger partial charge in [-0.2, -0.15) is 0 Å².